The number of carbonyl (C=O) groups is 1. The highest BCUT2D eigenvalue weighted by Gasteiger charge is 2.32. The maximum atomic E-state index is 10.4. The average molecular weight is 157 g/mol. The van der Waals surface area contributed by atoms with Gasteiger partial charge >= 0.3 is 0 Å². The molecule has 0 aromatic rings. The first-order valence-electron chi connectivity index (χ1n) is 3.75. The fraction of sp³-hybridized carbons (Fsp3) is 0.857. The molecule has 0 radical (unpaired) electrons. The largest absolute Gasteiger partial charge is 0.392 e. The summed E-state index contributed by atoms with van der Waals surface area (Å²) < 4.78 is 0. The van der Waals surface area contributed by atoms with Crippen LogP contribution in [0.2, 0.25) is 0 Å². The lowest BCUT2D eigenvalue weighted by Crippen LogP contribution is -2.35. The maximum absolute atomic E-state index is 10.4. The van der Waals surface area contributed by atoms with Gasteiger partial charge in [0.25, 0.3) is 0 Å². The van der Waals surface area contributed by atoms with Gasteiger partial charge in [0.05, 0.1) is 12.0 Å². The molecule has 0 amide bonds. The Balaban J connectivity index is 2.62. The highest BCUT2D eigenvalue weighted by molar-refractivity contribution is 5.56. The van der Waals surface area contributed by atoms with E-state index in [-0.39, 0.29) is 0 Å². The van der Waals surface area contributed by atoms with Crippen LogP contribution in [0.25, 0.3) is 0 Å². The summed E-state index contributed by atoms with van der Waals surface area (Å²) >= 11 is 0. The fourth-order valence-electron chi connectivity index (χ4n) is 1.48. The lowest BCUT2D eigenvalue weighted by Gasteiger charge is -2.26. The van der Waals surface area contributed by atoms with Gasteiger partial charge in [-0.05, 0) is 19.3 Å². The molecule has 11 heavy (non-hydrogen) atoms. The Labute approximate surface area is 64.6 Å². The molecule has 0 saturated heterocycles. The van der Waals surface area contributed by atoms with Crippen LogP contribution in [0.4, 0.5) is 0 Å². The minimum Gasteiger partial charge on any atom is -0.392 e. The first-order valence-corrected chi connectivity index (χ1v) is 3.75. The molecule has 3 unspecified atom stereocenters. The molecule has 62 valence electrons. The molecule has 1 saturated carbocycles. The van der Waals surface area contributed by atoms with Gasteiger partial charge in [0.1, 0.15) is 12.3 Å². The lowest BCUT2D eigenvalue weighted by atomic mass is 9.84. The smallest absolute Gasteiger partial charge is 0.127 e. The zero-order chi connectivity index (χ0) is 8.27. The highest BCUT2D eigenvalue weighted by atomic mass is 16.3. The van der Waals surface area contributed by atoms with Gasteiger partial charge in [0.15, 0.2) is 0 Å². The number of hydrogen-bond donors (Lipinski definition) is 1. The molecule has 1 aliphatic rings. The zero-order valence-electron chi connectivity index (χ0n) is 6.14. The Morgan fingerprint density at radius 1 is 1.45 bits per heavy atom. The molecule has 0 bridgehead atoms. The van der Waals surface area contributed by atoms with Crippen molar-refractivity contribution in [2.24, 2.45) is 11.1 Å². The minimum absolute atomic E-state index is 0.503. The van der Waals surface area contributed by atoms with Gasteiger partial charge in [-0.1, -0.05) is 5.18 Å². The summed E-state index contributed by atoms with van der Waals surface area (Å²) in [6.07, 6.45) is 1.99. The van der Waals surface area contributed by atoms with Crippen molar-refractivity contribution in [2.45, 2.75) is 31.4 Å². The van der Waals surface area contributed by atoms with Gasteiger partial charge in [-0.25, -0.2) is 0 Å². The van der Waals surface area contributed by atoms with E-state index in [1.54, 1.807) is 0 Å². The first-order chi connectivity index (χ1) is 5.29. The van der Waals surface area contributed by atoms with E-state index in [2.05, 4.69) is 5.18 Å². The average Bonchev–Trinajstić information content (AvgIpc) is 2.04. The van der Waals surface area contributed by atoms with Crippen LogP contribution in [0, 0.1) is 10.8 Å². The molecule has 1 N–H and O–H groups in total. The lowest BCUT2D eigenvalue weighted by molar-refractivity contribution is -0.116. The molecule has 0 spiro atoms. The third-order valence-corrected chi connectivity index (χ3v) is 2.18. The van der Waals surface area contributed by atoms with Crippen molar-refractivity contribution in [1.82, 2.24) is 0 Å². The summed E-state index contributed by atoms with van der Waals surface area (Å²) in [6.45, 7) is 0. The van der Waals surface area contributed by atoms with Crippen molar-refractivity contribution in [2.75, 3.05) is 0 Å². The van der Waals surface area contributed by atoms with E-state index in [9.17, 15) is 14.8 Å². The second-order valence-electron chi connectivity index (χ2n) is 2.88. The van der Waals surface area contributed by atoms with Crippen LogP contribution in [-0.2, 0) is 4.79 Å². The Morgan fingerprint density at radius 2 is 2.18 bits per heavy atom. The highest BCUT2D eigenvalue weighted by Crippen LogP contribution is 2.25. The molecule has 0 aromatic heterocycles. The standard InChI is InChI=1S/C7H11NO3/c9-4-5-6(8-11)2-1-3-7(5)10/h4-7,10H,1-3H2. The number of aldehydes is 1. The molecule has 1 rings (SSSR count). The van der Waals surface area contributed by atoms with Crippen LogP contribution in [0.5, 0.6) is 0 Å². The number of hydrogen-bond acceptors (Lipinski definition) is 4. The van der Waals surface area contributed by atoms with Crippen molar-refractivity contribution in [3.8, 4) is 0 Å². The Bertz CT molecular complexity index is 160. The third kappa shape index (κ3) is 1.63. The summed E-state index contributed by atoms with van der Waals surface area (Å²) in [5.41, 5.74) is 0. The molecule has 0 heterocycles. The number of aliphatic hydroxyl groups excluding tert-OH is 1. The molecule has 1 fully saturated rings. The number of carbonyl (C=O) groups excluding carboxylic acids is 1. The van der Waals surface area contributed by atoms with E-state index in [0.29, 0.717) is 19.1 Å². The van der Waals surface area contributed by atoms with Crippen molar-refractivity contribution in [3.05, 3.63) is 4.91 Å². The molecule has 3 atom stereocenters. The van der Waals surface area contributed by atoms with Gasteiger partial charge in [-0.15, -0.1) is 0 Å². The van der Waals surface area contributed by atoms with Crippen LogP contribution in [0.15, 0.2) is 5.18 Å². The summed E-state index contributed by atoms with van der Waals surface area (Å²) in [5.74, 6) is -0.568. The molecular formula is C7H11NO3. The van der Waals surface area contributed by atoms with E-state index in [0.717, 1.165) is 6.42 Å². The van der Waals surface area contributed by atoms with E-state index < -0.39 is 18.1 Å². The molecule has 1 aliphatic carbocycles. The Kier molecular flexibility index (Phi) is 2.70. The fourth-order valence-corrected chi connectivity index (χ4v) is 1.48. The second kappa shape index (κ2) is 3.57. The van der Waals surface area contributed by atoms with Gasteiger partial charge in [-0.3, -0.25) is 0 Å². The number of nitroso groups, excluding NO2 is 1. The third-order valence-electron chi connectivity index (χ3n) is 2.18. The summed E-state index contributed by atoms with van der Waals surface area (Å²) in [4.78, 5) is 20.5. The number of aliphatic hydroxyl groups is 1. The Hall–Kier alpha value is -0.770. The summed E-state index contributed by atoms with van der Waals surface area (Å²) in [5, 5.41) is 12.0. The van der Waals surface area contributed by atoms with E-state index >= 15 is 0 Å². The van der Waals surface area contributed by atoms with Crippen molar-refractivity contribution < 1.29 is 9.90 Å². The predicted molar refractivity (Wildman–Crippen MR) is 39.0 cm³/mol. The number of rotatable bonds is 2. The Morgan fingerprint density at radius 3 is 2.64 bits per heavy atom. The van der Waals surface area contributed by atoms with Gasteiger partial charge in [0, 0.05) is 0 Å². The molecule has 0 aliphatic heterocycles. The van der Waals surface area contributed by atoms with Crippen LogP contribution in [0.3, 0.4) is 0 Å². The zero-order valence-corrected chi connectivity index (χ0v) is 6.14. The van der Waals surface area contributed by atoms with E-state index in [4.69, 9.17) is 0 Å². The van der Waals surface area contributed by atoms with Gasteiger partial charge in [-0.2, -0.15) is 4.91 Å². The monoisotopic (exact) mass is 157 g/mol. The van der Waals surface area contributed by atoms with Crippen molar-refractivity contribution >= 4 is 6.29 Å². The first kappa shape index (κ1) is 8.33. The normalized spacial score (nSPS) is 38.1. The number of nitrogens with zero attached hydrogens (tertiary/aromatic N) is 1. The molecule has 0 aromatic carbocycles. The van der Waals surface area contributed by atoms with Crippen LogP contribution in [0.1, 0.15) is 19.3 Å². The topological polar surface area (TPSA) is 66.7 Å². The van der Waals surface area contributed by atoms with Gasteiger partial charge in [0.2, 0.25) is 0 Å². The maximum Gasteiger partial charge on any atom is 0.127 e. The van der Waals surface area contributed by atoms with Crippen LogP contribution in [-0.4, -0.2) is 23.5 Å². The predicted octanol–water partition coefficient (Wildman–Crippen LogP) is 0.481. The SMILES string of the molecule is O=CC1C(O)CCCC1N=O. The van der Waals surface area contributed by atoms with Crippen molar-refractivity contribution in [3.63, 3.8) is 0 Å². The van der Waals surface area contributed by atoms with E-state index in [1.165, 1.54) is 0 Å². The van der Waals surface area contributed by atoms with Gasteiger partial charge < -0.3 is 9.90 Å². The molecular weight excluding hydrogens is 146 g/mol. The molecule has 4 heteroatoms. The summed E-state index contributed by atoms with van der Waals surface area (Å²) in [6, 6.07) is -0.503. The quantitative estimate of drug-likeness (QED) is 0.468. The van der Waals surface area contributed by atoms with Crippen LogP contribution < -0.4 is 0 Å². The minimum atomic E-state index is -0.663. The summed E-state index contributed by atoms with van der Waals surface area (Å²) in [7, 11) is 0. The van der Waals surface area contributed by atoms with Crippen LogP contribution >= 0.6 is 0 Å². The second-order valence-corrected chi connectivity index (χ2v) is 2.88. The molecule has 4 nitrogen and oxygen atoms in total. The van der Waals surface area contributed by atoms with Crippen molar-refractivity contribution in [1.29, 1.82) is 0 Å². The van der Waals surface area contributed by atoms with E-state index in [1.807, 2.05) is 0 Å².